The van der Waals surface area contributed by atoms with Gasteiger partial charge in [0.25, 0.3) is 5.84 Å². The average Bonchev–Trinajstić information content (AvgIpc) is 2.30. The van der Waals surface area contributed by atoms with Gasteiger partial charge in [-0.1, -0.05) is 12.2 Å². The van der Waals surface area contributed by atoms with E-state index in [0.717, 1.165) is 17.3 Å². The Labute approximate surface area is 91.0 Å². The van der Waals surface area contributed by atoms with E-state index in [1.165, 1.54) is 5.84 Å². The molecule has 0 aromatic rings. The van der Waals surface area contributed by atoms with E-state index in [4.69, 9.17) is 12.2 Å². The van der Waals surface area contributed by atoms with Crippen LogP contribution in [0.5, 0.6) is 0 Å². The second kappa shape index (κ2) is 3.58. The summed E-state index contributed by atoms with van der Waals surface area (Å²) in [7, 11) is 4.21. The van der Waals surface area contributed by atoms with E-state index in [-0.39, 0.29) is 5.41 Å². The van der Waals surface area contributed by atoms with Crippen LogP contribution in [0, 0.1) is 5.41 Å². The molecule has 0 unspecified atom stereocenters. The number of thiol groups is 1. The van der Waals surface area contributed by atoms with E-state index in [9.17, 15) is 0 Å². The molecule has 0 aliphatic carbocycles. The Kier molecular flexibility index (Phi) is 3.02. The molecule has 0 atom stereocenters. The molecule has 1 aliphatic rings. The molecule has 0 bridgehead atoms. The Balaban J connectivity index is 3.06. The number of rotatable bonds is 2. The van der Waals surface area contributed by atoms with Gasteiger partial charge in [-0.05, 0) is 13.8 Å². The number of hydrogen-bond donors (Lipinski definition) is 1. The lowest BCUT2D eigenvalue weighted by atomic mass is 9.93. The van der Waals surface area contributed by atoms with Gasteiger partial charge in [0.15, 0.2) is 0 Å². The van der Waals surface area contributed by atoms with Gasteiger partial charge in [-0.2, -0.15) is 0 Å². The molecular weight excluding hydrogens is 200 g/mol. The third-order valence-electron chi connectivity index (χ3n) is 2.59. The zero-order valence-electron chi connectivity index (χ0n) is 8.66. The largest absolute Gasteiger partial charge is 0.264 e. The fourth-order valence-corrected chi connectivity index (χ4v) is 2.04. The van der Waals surface area contributed by atoms with Crippen LogP contribution in [0.4, 0.5) is 0 Å². The zero-order valence-corrected chi connectivity index (χ0v) is 10.4. The maximum Gasteiger partial charge on any atom is 0.258 e. The molecule has 0 aromatic heterocycles. The van der Waals surface area contributed by atoms with E-state index < -0.39 is 0 Å². The molecule has 4 heteroatoms. The van der Waals surface area contributed by atoms with Crippen LogP contribution >= 0.6 is 24.8 Å². The van der Waals surface area contributed by atoms with Crippen LogP contribution < -0.4 is 0 Å². The molecule has 1 heterocycles. The molecule has 74 valence electrons. The van der Waals surface area contributed by atoms with E-state index in [1.54, 1.807) is 0 Å². The highest BCUT2D eigenvalue weighted by Crippen LogP contribution is 2.25. The molecule has 0 radical (unpaired) electrons. The minimum Gasteiger partial charge on any atom is -0.264 e. The quantitative estimate of drug-likeness (QED) is 0.422. The second-order valence-electron chi connectivity index (χ2n) is 4.10. The van der Waals surface area contributed by atoms with E-state index in [0.29, 0.717) is 0 Å². The molecule has 0 spiro atoms. The molecular formula is C9H17N2S2+. The van der Waals surface area contributed by atoms with Crippen LogP contribution in [0.1, 0.15) is 13.8 Å². The first kappa shape index (κ1) is 11.0. The van der Waals surface area contributed by atoms with Crippen molar-refractivity contribution in [1.29, 1.82) is 0 Å². The molecule has 0 saturated carbocycles. The van der Waals surface area contributed by atoms with Gasteiger partial charge in [-0.25, -0.2) is 0 Å². The van der Waals surface area contributed by atoms with E-state index in [1.807, 2.05) is 0 Å². The second-order valence-corrected chi connectivity index (χ2v) is 5.25. The summed E-state index contributed by atoms with van der Waals surface area (Å²) in [6.07, 6.45) is 0. The first-order chi connectivity index (χ1) is 5.87. The Morgan fingerprint density at radius 2 is 2.15 bits per heavy atom. The summed E-state index contributed by atoms with van der Waals surface area (Å²) in [4.78, 5) is 2.25. The Hall–Kier alpha value is -0.0900. The van der Waals surface area contributed by atoms with Crippen molar-refractivity contribution >= 4 is 34.9 Å². The summed E-state index contributed by atoms with van der Waals surface area (Å²) in [5, 5.41) is 0. The molecule has 1 rings (SSSR count). The van der Waals surface area contributed by atoms with Crippen molar-refractivity contribution in [2.75, 3.05) is 27.2 Å². The third-order valence-corrected chi connectivity index (χ3v) is 3.66. The molecule has 0 fully saturated rings. The van der Waals surface area contributed by atoms with Crippen LogP contribution in [0.25, 0.3) is 0 Å². The summed E-state index contributed by atoms with van der Waals surface area (Å²) in [5.74, 6) is 1.27. The lowest BCUT2D eigenvalue weighted by Gasteiger charge is -2.23. The smallest absolute Gasteiger partial charge is 0.258 e. The van der Waals surface area contributed by atoms with Gasteiger partial charge in [-0.3, -0.25) is 9.48 Å². The van der Waals surface area contributed by atoms with Crippen LogP contribution in [-0.2, 0) is 0 Å². The predicted octanol–water partition coefficient (Wildman–Crippen LogP) is 1.26. The van der Waals surface area contributed by atoms with Crippen LogP contribution in [0.15, 0.2) is 0 Å². The van der Waals surface area contributed by atoms with Crippen molar-refractivity contribution < 1.29 is 4.58 Å². The minimum absolute atomic E-state index is 0.113. The first-order valence-electron chi connectivity index (χ1n) is 4.40. The third kappa shape index (κ3) is 1.89. The van der Waals surface area contributed by atoms with E-state index >= 15 is 0 Å². The maximum atomic E-state index is 5.16. The average molecular weight is 217 g/mol. The Morgan fingerprint density at radius 1 is 1.62 bits per heavy atom. The van der Waals surface area contributed by atoms with Crippen molar-refractivity contribution in [1.82, 2.24) is 4.90 Å². The van der Waals surface area contributed by atoms with Crippen molar-refractivity contribution in [3.8, 4) is 0 Å². The highest BCUT2D eigenvalue weighted by atomic mass is 32.1. The zero-order chi connectivity index (χ0) is 10.2. The molecule has 0 saturated heterocycles. The Morgan fingerprint density at radius 3 is 2.46 bits per heavy atom. The van der Waals surface area contributed by atoms with Crippen molar-refractivity contribution in [2.24, 2.45) is 5.41 Å². The lowest BCUT2D eigenvalue weighted by molar-refractivity contribution is -0.489. The molecule has 1 aliphatic heterocycles. The standard InChI is InChI=1S/C9H16N2S2/c1-9(2,8(12)13)7-10(3)5-6-11(7)4/h5-6H2,1-4H3/p+1. The topological polar surface area (TPSA) is 6.25 Å². The van der Waals surface area contributed by atoms with Gasteiger partial charge in [0.2, 0.25) is 0 Å². The van der Waals surface area contributed by atoms with Gasteiger partial charge < -0.3 is 0 Å². The van der Waals surface area contributed by atoms with Crippen LogP contribution in [0.2, 0.25) is 0 Å². The van der Waals surface area contributed by atoms with Crippen molar-refractivity contribution in [3.63, 3.8) is 0 Å². The van der Waals surface area contributed by atoms with E-state index in [2.05, 4.69) is 50.0 Å². The SMILES string of the molecule is CN1CC[N+](C)=C1C(C)(C)C(=S)S. The maximum absolute atomic E-state index is 5.16. The van der Waals surface area contributed by atoms with Crippen LogP contribution in [-0.4, -0.2) is 46.7 Å². The van der Waals surface area contributed by atoms with Gasteiger partial charge in [-0.15, -0.1) is 12.6 Å². The Bertz CT molecular complexity index is 269. The number of thiocarbonyl (C=S) groups is 1. The highest BCUT2D eigenvalue weighted by molar-refractivity contribution is 8.11. The molecule has 13 heavy (non-hydrogen) atoms. The number of nitrogens with zero attached hydrogens (tertiary/aromatic N) is 2. The fourth-order valence-electron chi connectivity index (χ4n) is 1.85. The molecule has 0 amide bonds. The summed E-state index contributed by atoms with van der Waals surface area (Å²) >= 11 is 9.46. The first-order valence-corrected chi connectivity index (χ1v) is 5.26. The molecule has 2 nitrogen and oxygen atoms in total. The van der Waals surface area contributed by atoms with Gasteiger partial charge in [0.1, 0.15) is 18.5 Å². The predicted molar refractivity (Wildman–Crippen MR) is 64.1 cm³/mol. The summed E-state index contributed by atoms with van der Waals surface area (Å²) in [5.41, 5.74) is -0.113. The normalized spacial score (nSPS) is 18.4. The minimum atomic E-state index is -0.113. The fraction of sp³-hybridized carbons (Fsp3) is 0.778. The van der Waals surface area contributed by atoms with Gasteiger partial charge in [0.05, 0.1) is 18.3 Å². The summed E-state index contributed by atoms with van der Waals surface area (Å²) in [6, 6.07) is 0. The summed E-state index contributed by atoms with van der Waals surface area (Å²) < 4.78 is 3.01. The summed E-state index contributed by atoms with van der Waals surface area (Å²) in [6.45, 7) is 6.39. The number of amidine groups is 1. The number of hydrogen-bond acceptors (Lipinski definition) is 2. The highest BCUT2D eigenvalue weighted by Gasteiger charge is 2.41. The van der Waals surface area contributed by atoms with Crippen LogP contribution in [0.3, 0.4) is 0 Å². The number of likely N-dealkylation sites (N-methyl/N-ethyl adjacent to an activating group) is 2. The molecule has 0 N–H and O–H groups in total. The van der Waals surface area contributed by atoms with Gasteiger partial charge in [0, 0.05) is 0 Å². The lowest BCUT2D eigenvalue weighted by Crippen LogP contribution is -2.41. The van der Waals surface area contributed by atoms with Crippen molar-refractivity contribution in [2.45, 2.75) is 13.8 Å². The monoisotopic (exact) mass is 217 g/mol. The van der Waals surface area contributed by atoms with Crippen molar-refractivity contribution in [3.05, 3.63) is 0 Å². The van der Waals surface area contributed by atoms with Gasteiger partial charge >= 0.3 is 0 Å². The molecule has 0 aromatic carbocycles.